The zero-order valence-corrected chi connectivity index (χ0v) is 16.2. The molecular formula is C22H23N3O4. The molecule has 2 aromatic carbocycles. The van der Waals surface area contributed by atoms with Crippen molar-refractivity contribution in [2.45, 2.75) is 20.0 Å². The Bertz CT molecular complexity index is 884. The van der Waals surface area contributed by atoms with E-state index in [1.807, 2.05) is 65.6 Å². The molecule has 29 heavy (non-hydrogen) atoms. The number of carbonyl (C=O) groups excluding carboxylic acids is 2. The van der Waals surface area contributed by atoms with Crippen molar-refractivity contribution in [2.75, 3.05) is 18.5 Å². The number of aromatic nitrogens is 1. The Labute approximate surface area is 169 Å². The monoisotopic (exact) mass is 393 g/mol. The largest absolute Gasteiger partial charge is 0.455 e. The number of ether oxygens (including phenoxy) is 1. The number of aryl methyl sites for hydroxylation is 1. The van der Waals surface area contributed by atoms with Crippen molar-refractivity contribution >= 4 is 17.7 Å². The lowest BCUT2D eigenvalue weighted by molar-refractivity contribution is -0.148. The minimum Gasteiger partial charge on any atom is -0.455 e. The number of hydrogen-bond donors (Lipinski definition) is 1. The standard InChI is InChI=1S/C22H23N3O4/c1-17-12-20(24-29-17)23-21(26)16-28-22(27)15-25(13-18-8-4-2-5-9-18)14-19-10-6-3-7-11-19/h2-12H,13-16H2,1H3,(H,23,24,26). The molecule has 1 amide bonds. The molecule has 0 saturated heterocycles. The summed E-state index contributed by atoms with van der Waals surface area (Å²) in [7, 11) is 0. The smallest absolute Gasteiger partial charge is 0.320 e. The van der Waals surface area contributed by atoms with Crippen LogP contribution in [0.15, 0.2) is 71.3 Å². The second-order valence-corrected chi connectivity index (χ2v) is 6.65. The van der Waals surface area contributed by atoms with E-state index in [0.717, 1.165) is 11.1 Å². The van der Waals surface area contributed by atoms with E-state index in [1.165, 1.54) is 0 Å². The topological polar surface area (TPSA) is 84.7 Å². The summed E-state index contributed by atoms with van der Waals surface area (Å²) in [4.78, 5) is 26.2. The SMILES string of the molecule is Cc1cc(NC(=O)COC(=O)CN(Cc2ccccc2)Cc2ccccc2)no1. The molecule has 3 rings (SSSR count). The molecule has 0 bridgehead atoms. The number of esters is 1. The van der Waals surface area contributed by atoms with Crippen LogP contribution in [0.5, 0.6) is 0 Å². The number of anilines is 1. The van der Waals surface area contributed by atoms with Gasteiger partial charge >= 0.3 is 5.97 Å². The van der Waals surface area contributed by atoms with Gasteiger partial charge in [-0.15, -0.1) is 0 Å². The van der Waals surface area contributed by atoms with E-state index in [2.05, 4.69) is 10.5 Å². The molecule has 7 nitrogen and oxygen atoms in total. The first-order chi connectivity index (χ1) is 14.1. The number of hydrogen-bond acceptors (Lipinski definition) is 6. The van der Waals surface area contributed by atoms with Crippen LogP contribution in [0, 0.1) is 6.92 Å². The van der Waals surface area contributed by atoms with Crippen molar-refractivity contribution in [3.8, 4) is 0 Å². The highest BCUT2D eigenvalue weighted by Gasteiger charge is 2.15. The van der Waals surface area contributed by atoms with E-state index in [0.29, 0.717) is 24.7 Å². The van der Waals surface area contributed by atoms with E-state index >= 15 is 0 Å². The first-order valence-corrected chi connectivity index (χ1v) is 9.27. The molecule has 150 valence electrons. The van der Waals surface area contributed by atoms with Gasteiger partial charge in [-0.2, -0.15) is 0 Å². The fourth-order valence-electron chi connectivity index (χ4n) is 2.83. The summed E-state index contributed by atoms with van der Waals surface area (Å²) >= 11 is 0. The molecule has 0 atom stereocenters. The summed E-state index contributed by atoms with van der Waals surface area (Å²) in [6, 6.07) is 21.4. The molecule has 0 aliphatic heterocycles. The second-order valence-electron chi connectivity index (χ2n) is 6.65. The van der Waals surface area contributed by atoms with Gasteiger partial charge in [0.1, 0.15) is 5.76 Å². The van der Waals surface area contributed by atoms with Crippen LogP contribution in [0.3, 0.4) is 0 Å². The Hall–Kier alpha value is -3.45. The van der Waals surface area contributed by atoms with Gasteiger partial charge in [-0.1, -0.05) is 65.8 Å². The highest BCUT2D eigenvalue weighted by atomic mass is 16.5. The summed E-state index contributed by atoms with van der Waals surface area (Å²) in [6.45, 7) is 2.59. The lowest BCUT2D eigenvalue weighted by Crippen LogP contribution is -2.32. The van der Waals surface area contributed by atoms with Crippen molar-refractivity contribution in [3.05, 3.63) is 83.6 Å². The Balaban J connectivity index is 1.54. The van der Waals surface area contributed by atoms with Crippen molar-refractivity contribution in [3.63, 3.8) is 0 Å². The van der Waals surface area contributed by atoms with Crippen molar-refractivity contribution in [1.82, 2.24) is 10.1 Å². The van der Waals surface area contributed by atoms with Crippen LogP contribution in [0.2, 0.25) is 0 Å². The summed E-state index contributed by atoms with van der Waals surface area (Å²) in [5.74, 6) is -0.0687. The molecule has 0 radical (unpaired) electrons. The van der Waals surface area contributed by atoms with E-state index in [9.17, 15) is 9.59 Å². The van der Waals surface area contributed by atoms with Crippen LogP contribution in [-0.2, 0) is 27.4 Å². The summed E-state index contributed by atoms with van der Waals surface area (Å²) in [5.41, 5.74) is 2.19. The Kier molecular flexibility index (Phi) is 7.13. The molecule has 0 aliphatic carbocycles. The fourth-order valence-corrected chi connectivity index (χ4v) is 2.83. The molecule has 0 fully saturated rings. The zero-order chi connectivity index (χ0) is 20.5. The maximum Gasteiger partial charge on any atom is 0.320 e. The fraction of sp³-hybridized carbons (Fsp3) is 0.227. The summed E-state index contributed by atoms with van der Waals surface area (Å²) in [5, 5.41) is 6.19. The molecule has 1 heterocycles. The van der Waals surface area contributed by atoms with Crippen LogP contribution >= 0.6 is 0 Å². The number of nitrogens with one attached hydrogen (secondary N) is 1. The number of nitrogens with zero attached hydrogens (tertiary/aromatic N) is 2. The molecule has 0 aliphatic rings. The average molecular weight is 393 g/mol. The normalized spacial score (nSPS) is 10.7. The number of carbonyl (C=O) groups is 2. The van der Waals surface area contributed by atoms with Crippen molar-refractivity contribution in [1.29, 1.82) is 0 Å². The maximum absolute atomic E-state index is 12.3. The third-order valence-electron chi connectivity index (χ3n) is 4.11. The van der Waals surface area contributed by atoms with Gasteiger partial charge < -0.3 is 14.6 Å². The van der Waals surface area contributed by atoms with E-state index in [4.69, 9.17) is 9.26 Å². The molecular weight excluding hydrogens is 370 g/mol. The van der Waals surface area contributed by atoms with E-state index in [1.54, 1.807) is 13.0 Å². The minimum absolute atomic E-state index is 0.0696. The molecule has 1 aromatic heterocycles. The van der Waals surface area contributed by atoms with Crippen LogP contribution in [0.4, 0.5) is 5.82 Å². The van der Waals surface area contributed by atoms with Gasteiger partial charge in [0.05, 0.1) is 6.54 Å². The number of benzene rings is 2. The minimum atomic E-state index is -0.469. The second kappa shape index (κ2) is 10.2. The van der Waals surface area contributed by atoms with Gasteiger partial charge in [-0.3, -0.25) is 14.5 Å². The quantitative estimate of drug-likeness (QED) is 0.562. The van der Waals surface area contributed by atoms with Crippen molar-refractivity contribution in [2.24, 2.45) is 0 Å². The molecule has 0 unspecified atom stereocenters. The maximum atomic E-state index is 12.3. The van der Waals surface area contributed by atoms with Gasteiger partial charge in [0.25, 0.3) is 5.91 Å². The van der Waals surface area contributed by atoms with Crippen LogP contribution in [-0.4, -0.2) is 35.1 Å². The van der Waals surface area contributed by atoms with Crippen LogP contribution < -0.4 is 5.32 Å². The molecule has 7 heteroatoms. The third kappa shape index (κ3) is 6.90. The predicted molar refractivity (Wildman–Crippen MR) is 108 cm³/mol. The van der Waals surface area contributed by atoms with Gasteiger partial charge in [-0.25, -0.2) is 0 Å². The molecule has 1 N–H and O–H groups in total. The van der Waals surface area contributed by atoms with Crippen LogP contribution in [0.25, 0.3) is 0 Å². The number of amides is 1. The number of rotatable bonds is 9. The van der Waals surface area contributed by atoms with E-state index < -0.39 is 11.9 Å². The molecule has 0 saturated carbocycles. The zero-order valence-electron chi connectivity index (χ0n) is 16.2. The van der Waals surface area contributed by atoms with Gasteiger partial charge in [0.15, 0.2) is 12.4 Å². The predicted octanol–water partition coefficient (Wildman–Crippen LogP) is 3.17. The lowest BCUT2D eigenvalue weighted by Gasteiger charge is -2.21. The van der Waals surface area contributed by atoms with Gasteiger partial charge in [0.2, 0.25) is 0 Å². The lowest BCUT2D eigenvalue weighted by atomic mass is 10.1. The Morgan fingerprint density at radius 3 is 2.10 bits per heavy atom. The average Bonchev–Trinajstić information content (AvgIpc) is 3.12. The third-order valence-corrected chi connectivity index (χ3v) is 4.11. The molecule has 0 spiro atoms. The highest BCUT2D eigenvalue weighted by molar-refractivity contribution is 5.92. The first-order valence-electron chi connectivity index (χ1n) is 9.27. The first kappa shape index (κ1) is 20.3. The Morgan fingerprint density at radius 2 is 1.59 bits per heavy atom. The van der Waals surface area contributed by atoms with Crippen LogP contribution in [0.1, 0.15) is 16.9 Å². The van der Waals surface area contributed by atoms with Crippen molar-refractivity contribution < 1.29 is 18.8 Å². The Morgan fingerprint density at radius 1 is 1.00 bits per heavy atom. The van der Waals surface area contributed by atoms with Gasteiger partial charge in [0, 0.05) is 19.2 Å². The van der Waals surface area contributed by atoms with E-state index in [-0.39, 0.29) is 13.2 Å². The summed E-state index contributed by atoms with van der Waals surface area (Å²) in [6.07, 6.45) is 0. The summed E-state index contributed by atoms with van der Waals surface area (Å²) < 4.78 is 10.0. The highest BCUT2D eigenvalue weighted by Crippen LogP contribution is 2.10. The molecule has 3 aromatic rings. The van der Waals surface area contributed by atoms with Gasteiger partial charge in [-0.05, 0) is 18.1 Å².